The fourth-order valence-corrected chi connectivity index (χ4v) is 3.25. The van der Waals surface area contributed by atoms with Gasteiger partial charge in [-0.3, -0.25) is 9.59 Å². The largest absolute Gasteiger partial charge is 0.366 e. The minimum absolute atomic E-state index is 0.126. The molecule has 1 fully saturated rings. The average Bonchev–Trinajstić information content (AvgIpc) is 3.08. The topological polar surface area (TPSA) is 72.2 Å². The Kier molecular flexibility index (Phi) is 4.26. The second kappa shape index (κ2) is 6.34. The molecule has 0 aromatic heterocycles. The molecule has 118 valence electrons. The van der Waals surface area contributed by atoms with Crippen molar-refractivity contribution in [2.45, 2.75) is 19.3 Å². The van der Waals surface area contributed by atoms with Crippen LogP contribution < -0.4 is 11.1 Å². The molecule has 0 radical (unpaired) electrons. The lowest BCUT2D eigenvalue weighted by Gasteiger charge is -2.17. The highest BCUT2D eigenvalue weighted by atomic mass is 16.1. The van der Waals surface area contributed by atoms with Gasteiger partial charge >= 0.3 is 0 Å². The molecule has 0 aliphatic carbocycles. The zero-order valence-electron chi connectivity index (χ0n) is 13.1. The average molecular weight is 308 g/mol. The van der Waals surface area contributed by atoms with Crippen LogP contribution in [0.3, 0.4) is 0 Å². The standard InChI is InChI=1S/C19H20N2O2/c1-12-5-2-3-6-14(12)18(22)17-15(13-9-10-21-11-13)7-4-8-16(17)19(20)23/h2-8,13,21H,9-11H2,1H3,(H2,20,23). The molecule has 1 atom stereocenters. The van der Waals surface area contributed by atoms with Gasteiger partial charge in [0, 0.05) is 17.7 Å². The third kappa shape index (κ3) is 2.90. The molecule has 1 aliphatic heterocycles. The third-order valence-corrected chi connectivity index (χ3v) is 4.48. The van der Waals surface area contributed by atoms with Gasteiger partial charge in [-0.2, -0.15) is 0 Å². The van der Waals surface area contributed by atoms with E-state index >= 15 is 0 Å². The van der Waals surface area contributed by atoms with Crippen LogP contribution in [-0.4, -0.2) is 24.8 Å². The maximum atomic E-state index is 13.1. The lowest BCUT2D eigenvalue weighted by molar-refractivity contribution is 0.0980. The number of hydrogen-bond acceptors (Lipinski definition) is 3. The van der Waals surface area contributed by atoms with Gasteiger partial charge in [0.15, 0.2) is 5.78 Å². The Labute approximate surface area is 135 Å². The van der Waals surface area contributed by atoms with Crippen LogP contribution in [-0.2, 0) is 0 Å². The van der Waals surface area contributed by atoms with Gasteiger partial charge in [-0.15, -0.1) is 0 Å². The third-order valence-electron chi connectivity index (χ3n) is 4.48. The summed E-state index contributed by atoms with van der Waals surface area (Å²) in [5, 5.41) is 3.31. The summed E-state index contributed by atoms with van der Waals surface area (Å²) < 4.78 is 0. The summed E-state index contributed by atoms with van der Waals surface area (Å²) in [6.07, 6.45) is 0.955. The first-order valence-electron chi connectivity index (χ1n) is 7.83. The van der Waals surface area contributed by atoms with Gasteiger partial charge in [-0.1, -0.05) is 36.4 Å². The minimum Gasteiger partial charge on any atom is -0.366 e. The Morgan fingerprint density at radius 1 is 1.09 bits per heavy atom. The Morgan fingerprint density at radius 2 is 1.83 bits per heavy atom. The summed E-state index contributed by atoms with van der Waals surface area (Å²) >= 11 is 0. The molecular weight excluding hydrogens is 288 g/mol. The molecule has 2 aromatic rings. The van der Waals surface area contributed by atoms with Gasteiger partial charge in [0.2, 0.25) is 5.91 Å². The number of nitrogens with two attached hydrogens (primary N) is 1. The number of rotatable bonds is 4. The number of amides is 1. The highest BCUT2D eigenvalue weighted by Crippen LogP contribution is 2.30. The zero-order chi connectivity index (χ0) is 16.4. The van der Waals surface area contributed by atoms with E-state index in [0.717, 1.165) is 30.6 Å². The maximum absolute atomic E-state index is 13.1. The molecule has 0 saturated carbocycles. The second-order valence-corrected chi connectivity index (χ2v) is 5.97. The molecule has 0 spiro atoms. The Hall–Kier alpha value is -2.46. The fraction of sp³-hybridized carbons (Fsp3) is 0.263. The van der Waals surface area contributed by atoms with Crippen LogP contribution in [0.15, 0.2) is 42.5 Å². The van der Waals surface area contributed by atoms with Crippen LogP contribution in [0.1, 0.15) is 49.7 Å². The van der Waals surface area contributed by atoms with E-state index in [4.69, 9.17) is 5.73 Å². The number of primary amides is 1. The summed E-state index contributed by atoms with van der Waals surface area (Å²) in [5.74, 6) is -0.452. The number of carbonyl (C=O) groups is 2. The second-order valence-electron chi connectivity index (χ2n) is 5.97. The van der Waals surface area contributed by atoms with E-state index < -0.39 is 5.91 Å². The molecule has 4 heteroatoms. The molecule has 2 aromatic carbocycles. The van der Waals surface area contributed by atoms with Crippen LogP contribution in [0.25, 0.3) is 0 Å². The number of hydrogen-bond donors (Lipinski definition) is 2. The van der Waals surface area contributed by atoms with Gasteiger partial charge in [-0.05, 0) is 43.0 Å². The van der Waals surface area contributed by atoms with Crippen molar-refractivity contribution < 1.29 is 9.59 Å². The van der Waals surface area contributed by atoms with Crippen LogP contribution in [0.2, 0.25) is 0 Å². The highest BCUT2D eigenvalue weighted by Gasteiger charge is 2.27. The number of benzene rings is 2. The molecular formula is C19H20N2O2. The van der Waals surface area contributed by atoms with Crippen molar-refractivity contribution >= 4 is 11.7 Å². The molecule has 1 saturated heterocycles. The lowest BCUT2D eigenvalue weighted by Crippen LogP contribution is -2.21. The Balaban J connectivity index is 2.17. The summed E-state index contributed by atoms with van der Waals surface area (Å²) in [6.45, 7) is 3.64. The zero-order valence-corrected chi connectivity index (χ0v) is 13.1. The predicted molar refractivity (Wildman–Crippen MR) is 89.8 cm³/mol. The Bertz CT molecular complexity index is 762. The minimum atomic E-state index is -0.560. The first-order valence-corrected chi connectivity index (χ1v) is 7.83. The van der Waals surface area contributed by atoms with Crippen LogP contribution >= 0.6 is 0 Å². The number of carbonyl (C=O) groups excluding carboxylic acids is 2. The smallest absolute Gasteiger partial charge is 0.249 e. The summed E-state index contributed by atoms with van der Waals surface area (Å²) in [5.41, 5.74) is 8.73. The van der Waals surface area contributed by atoms with Crippen molar-refractivity contribution in [2.24, 2.45) is 5.73 Å². The number of aryl methyl sites for hydroxylation is 1. The van der Waals surface area contributed by atoms with Gasteiger partial charge in [0.05, 0.1) is 5.56 Å². The van der Waals surface area contributed by atoms with E-state index in [9.17, 15) is 9.59 Å². The molecule has 4 nitrogen and oxygen atoms in total. The van der Waals surface area contributed by atoms with E-state index in [1.807, 2.05) is 37.3 Å². The fourth-order valence-electron chi connectivity index (χ4n) is 3.25. The Morgan fingerprint density at radius 3 is 2.48 bits per heavy atom. The van der Waals surface area contributed by atoms with Crippen molar-refractivity contribution in [1.29, 1.82) is 0 Å². The van der Waals surface area contributed by atoms with Crippen LogP contribution in [0, 0.1) is 6.92 Å². The van der Waals surface area contributed by atoms with Crippen molar-refractivity contribution in [3.63, 3.8) is 0 Å². The molecule has 1 aliphatic rings. The van der Waals surface area contributed by atoms with Crippen molar-refractivity contribution in [3.8, 4) is 0 Å². The first-order chi connectivity index (χ1) is 11.1. The van der Waals surface area contributed by atoms with Crippen LogP contribution in [0.4, 0.5) is 0 Å². The van der Waals surface area contributed by atoms with Gasteiger partial charge in [0.1, 0.15) is 0 Å². The quantitative estimate of drug-likeness (QED) is 0.852. The van der Waals surface area contributed by atoms with E-state index in [2.05, 4.69) is 5.32 Å². The van der Waals surface area contributed by atoms with Crippen molar-refractivity contribution in [2.75, 3.05) is 13.1 Å². The van der Waals surface area contributed by atoms with Gasteiger partial charge < -0.3 is 11.1 Å². The summed E-state index contributed by atoms with van der Waals surface area (Å²) in [7, 11) is 0. The molecule has 1 unspecified atom stereocenters. The molecule has 3 N–H and O–H groups in total. The lowest BCUT2D eigenvalue weighted by atomic mass is 9.85. The van der Waals surface area contributed by atoms with E-state index in [-0.39, 0.29) is 11.7 Å². The molecule has 23 heavy (non-hydrogen) atoms. The first kappa shape index (κ1) is 15.4. The molecule has 1 heterocycles. The van der Waals surface area contributed by atoms with E-state index in [1.165, 1.54) is 0 Å². The van der Waals surface area contributed by atoms with Gasteiger partial charge in [-0.25, -0.2) is 0 Å². The SMILES string of the molecule is Cc1ccccc1C(=O)c1c(C(N)=O)cccc1C1CCNC1. The van der Waals surface area contributed by atoms with E-state index in [1.54, 1.807) is 12.1 Å². The predicted octanol–water partition coefficient (Wildman–Crippen LogP) is 2.40. The van der Waals surface area contributed by atoms with Crippen molar-refractivity contribution in [3.05, 3.63) is 70.3 Å². The summed E-state index contributed by atoms with van der Waals surface area (Å²) in [4.78, 5) is 25.0. The highest BCUT2D eigenvalue weighted by molar-refractivity contribution is 6.16. The molecule has 0 bridgehead atoms. The number of nitrogens with one attached hydrogen (secondary N) is 1. The maximum Gasteiger partial charge on any atom is 0.249 e. The molecule has 1 amide bonds. The number of ketones is 1. The molecule has 3 rings (SSSR count). The summed E-state index contributed by atoms with van der Waals surface area (Å²) in [6, 6.07) is 12.8. The monoisotopic (exact) mass is 308 g/mol. The van der Waals surface area contributed by atoms with Gasteiger partial charge in [0.25, 0.3) is 0 Å². The van der Waals surface area contributed by atoms with Crippen LogP contribution in [0.5, 0.6) is 0 Å². The van der Waals surface area contributed by atoms with E-state index in [0.29, 0.717) is 16.7 Å². The normalized spacial score (nSPS) is 17.2. The van der Waals surface area contributed by atoms with Crippen molar-refractivity contribution in [1.82, 2.24) is 5.32 Å².